The van der Waals surface area contributed by atoms with E-state index < -0.39 is 8.24 Å². The number of amides is 1. The maximum atomic E-state index is 12.6. The summed E-state index contributed by atoms with van der Waals surface area (Å²) in [7, 11) is -1.80. The van der Waals surface area contributed by atoms with Gasteiger partial charge in [-0.25, -0.2) is 0 Å². The van der Waals surface area contributed by atoms with Crippen LogP contribution in [0.1, 0.15) is 12.5 Å². The lowest BCUT2D eigenvalue weighted by atomic mass is 10.1. The molecule has 1 heterocycles. The Morgan fingerprint density at radius 1 is 1.37 bits per heavy atom. The summed E-state index contributed by atoms with van der Waals surface area (Å²) in [4.78, 5) is 17.6. The largest absolute Gasteiger partial charge is 0.395 e. The summed E-state index contributed by atoms with van der Waals surface area (Å²) >= 11 is 3.44. The Morgan fingerprint density at radius 2 is 2.05 bits per heavy atom. The molecule has 4 nitrogen and oxygen atoms in total. The van der Waals surface area contributed by atoms with E-state index in [4.69, 9.17) is 4.84 Å². The summed E-state index contributed by atoms with van der Waals surface area (Å²) in [5.74, 6) is -0.0549. The average Bonchev–Trinajstić information content (AvgIpc) is 2.58. The van der Waals surface area contributed by atoms with Gasteiger partial charge in [0.15, 0.2) is 13.9 Å². The molecule has 0 aromatic heterocycles. The summed E-state index contributed by atoms with van der Waals surface area (Å²) < 4.78 is 2.83. The van der Waals surface area contributed by atoms with Gasteiger partial charge >= 0.3 is 0 Å². The lowest BCUT2D eigenvalue weighted by Crippen LogP contribution is -2.49. The third-order valence-corrected chi connectivity index (χ3v) is 5.09. The van der Waals surface area contributed by atoms with Crippen LogP contribution in [0.15, 0.2) is 27.8 Å². The van der Waals surface area contributed by atoms with Crippen molar-refractivity contribution in [1.82, 2.24) is 0 Å². The minimum absolute atomic E-state index is 0.0549. The van der Waals surface area contributed by atoms with Crippen molar-refractivity contribution >= 4 is 41.5 Å². The van der Waals surface area contributed by atoms with Gasteiger partial charge in [-0.3, -0.25) is 4.79 Å². The van der Waals surface area contributed by atoms with Crippen LogP contribution in [0.5, 0.6) is 0 Å². The smallest absolute Gasteiger partial charge is 0.273 e. The predicted octanol–water partition coefficient (Wildman–Crippen LogP) is 3.37. The van der Waals surface area contributed by atoms with Crippen LogP contribution >= 0.6 is 15.9 Å². The quantitative estimate of drug-likeness (QED) is 0.625. The van der Waals surface area contributed by atoms with Crippen LogP contribution in [0.2, 0.25) is 19.6 Å². The van der Waals surface area contributed by atoms with Crippen molar-refractivity contribution in [1.29, 1.82) is 0 Å². The van der Waals surface area contributed by atoms with E-state index in [2.05, 4.69) is 40.7 Å². The average molecular weight is 341 g/mol. The number of carbonyl (C=O) groups excluding carboxylic acids is 1. The van der Waals surface area contributed by atoms with E-state index in [1.807, 2.05) is 29.7 Å². The Bertz CT molecular complexity index is 552. The number of halogens is 1. The molecule has 0 atom stereocenters. The molecule has 0 N–H and O–H groups in total. The molecule has 1 aromatic carbocycles. The van der Waals surface area contributed by atoms with Gasteiger partial charge in [-0.05, 0) is 25.1 Å². The van der Waals surface area contributed by atoms with Gasteiger partial charge < -0.3 is 9.40 Å². The lowest BCUT2D eigenvalue weighted by Gasteiger charge is -2.30. The standard InChI is InChI=1S/C13H17BrN2O2Si/c1-5-18-15-12-10-8-9(14)6-7-11(10)16(13(12)17)19(2,3)4/h6-8H,5H2,1-4H3/b15-12-. The molecule has 19 heavy (non-hydrogen) atoms. The molecule has 0 bridgehead atoms. The number of anilines is 1. The molecule has 0 aliphatic carbocycles. The molecule has 0 saturated carbocycles. The topological polar surface area (TPSA) is 41.9 Å². The number of hydrogen-bond donors (Lipinski definition) is 0. The molecule has 1 aliphatic heterocycles. The highest BCUT2D eigenvalue weighted by molar-refractivity contribution is 9.10. The Labute approximate surface area is 122 Å². The molecular formula is C13H17BrN2O2Si. The van der Waals surface area contributed by atoms with Gasteiger partial charge in [-0.1, -0.05) is 40.7 Å². The van der Waals surface area contributed by atoms with Gasteiger partial charge in [-0.15, -0.1) is 0 Å². The van der Waals surface area contributed by atoms with E-state index in [0.29, 0.717) is 12.3 Å². The second-order valence-corrected chi connectivity index (χ2v) is 11.0. The van der Waals surface area contributed by atoms with Crippen molar-refractivity contribution in [2.24, 2.45) is 5.16 Å². The lowest BCUT2D eigenvalue weighted by molar-refractivity contribution is -0.111. The van der Waals surface area contributed by atoms with Gasteiger partial charge in [0.2, 0.25) is 0 Å². The van der Waals surface area contributed by atoms with Crippen LogP contribution < -0.4 is 4.57 Å². The Kier molecular flexibility index (Phi) is 3.82. The third kappa shape index (κ3) is 2.60. The molecule has 0 spiro atoms. The number of nitrogens with zero attached hydrogens (tertiary/aromatic N) is 2. The highest BCUT2D eigenvalue weighted by atomic mass is 79.9. The Morgan fingerprint density at radius 3 is 2.63 bits per heavy atom. The number of fused-ring (bicyclic) bond motifs is 1. The third-order valence-electron chi connectivity index (χ3n) is 2.82. The molecule has 1 aliphatic rings. The number of hydrogen-bond acceptors (Lipinski definition) is 3. The van der Waals surface area contributed by atoms with Crippen molar-refractivity contribution in [2.75, 3.05) is 11.2 Å². The van der Waals surface area contributed by atoms with Crippen molar-refractivity contribution < 1.29 is 9.63 Å². The van der Waals surface area contributed by atoms with Crippen LogP contribution in [0.25, 0.3) is 0 Å². The van der Waals surface area contributed by atoms with Crippen molar-refractivity contribution in [3.63, 3.8) is 0 Å². The van der Waals surface area contributed by atoms with Crippen LogP contribution in [0.3, 0.4) is 0 Å². The molecule has 0 fully saturated rings. The zero-order chi connectivity index (χ0) is 14.2. The van der Waals surface area contributed by atoms with Gasteiger partial charge in [0, 0.05) is 15.7 Å². The first-order valence-electron chi connectivity index (χ1n) is 6.20. The second kappa shape index (κ2) is 5.09. The normalized spacial score (nSPS) is 17.0. The first-order chi connectivity index (χ1) is 8.86. The molecule has 0 saturated heterocycles. The molecule has 1 amide bonds. The van der Waals surface area contributed by atoms with Gasteiger partial charge in [0.1, 0.15) is 6.61 Å². The zero-order valence-electron chi connectivity index (χ0n) is 11.5. The number of oxime groups is 1. The van der Waals surface area contributed by atoms with E-state index >= 15 is 0 Å². The Hall–Kier alpha value is -1.14. The highest BCUT2D eigenvalue weighted by Gasteiger charge is 2.41. The molecule has 0 unspecified atom stereocenters. The predicted molar refractivity (Wildman–Crippen MR) is 83.1 cm³/mol. The molecule has 6 heteroatoms. The van der Waals surface area contributed by atoms with Crippen LogP contribution in [-0.2, 0) is 9.63 Å². The number of carbonyl (C=O) groups is 1. The van der Waals surface area contributed by atoms with Crippen molar-refractivity contribution in [2.45, 2.75) is 26.6 Å². The van der Waals surface area contributed by atoms with E-state index in [1.54, 1.807) is 0 Å². The number of rotatable bonds is 3. The van der Waals surface area contributed by atoms with Crippen molar-refractivity contribution in [3.8, 4) is 0 Å². The summed E-state index contributed by atoms with van der Waals surface area (Å²) in [5.41, 5.74) is 2.18. The van der Waals surface area contributed by atoms with Gasteiger partial charge in [0.05, 0.1) is 0 Å². The fourth-order valence-electron chi connectivity index (χ4n) is 2.11. The highest BCUT2D eigenvalue weighted by Crippen LogP contribution is 2.35. The summed E-state index contributed by atoms with van der Waals surface area (Å²) in [6.07, 6.45) is 0. The molecule has 1 aromatic rings. The molecular weight excluding hydrogens is 324 g/mol. The van der Waals surface area contributed by atoms with E-state index in [0.717, 1.165) is 15.7 Å². The maximum Gasteiger partial charge on any atom is 0.273 e. The summed E-state index contributed by atoms with van der Waals surface area (Å²) in [6.45, 7) is 8.72. The first-order valence-corrected chi connectivity index (χ1v) is 10.4. The van der Waals surface area contributed by atoms with E-state index in [9.17, 15) is 4.79 Å². The first kappa shape index (κ1) is 14.3. The van der Waals surface area contributed by atoms with Crippen LogP contribution in [0.4, 0.5) is 5.69 Å². The van der Waals surface area contributed by atoms with Gasteiger partial charge in [0.25, 0.3) is 5.91 Å². The van der Waals surface area contributed by atoms with Crippen LogP contribution in [-0.4, -0.2) is 26.5 Å². The maximum absolute atomic E-state index is 12.6. The fraction of sp³-hybridized carbons (Fsp3) is 0.385. The molecule has 0 radical (unpaired) electrons. The zero-order valence-corrected chi connectivity index (χ0v) is 14.1. The SMILES string of the molecule is CCO/N=C1\C(=O)N([Si](C)(C)C)c2ccc(Br)cc21. The summed E-state index contributed by atoms with van der Waals surface area (Å²) in [5, 5.41) is 4.00. The minimum atomic E-state index is -1.80. The molecule has 102 valence electrons. The Balaban J connectivity index is 2.59. The fourth-order valence-corrected chi connectivity index (χ4v) is 4.10. The number of benzene rings is 1. The summed E-state index contributed by atoms with van der Waals surface area (Å²) in [6, 6.07) is 5.83. The van der Waals surface area contributed by atoms with Gasteiger partial charge in [-0.2, -0.15) is 0 Å². The molecule has 2 rings (SSSR count). The van der Waals surface area contributed by atoms with Crippen molar-refractivity contribution in [3.05, 3.63) is 28.2 Å². The van der Waals surface area contributed by atoms with E-state index in [-0.39, 0.29) is 5.91 Å². The monoisotopic (exact) mass is 340 g/mol. The van der Waals surface area contributed by atoms with E-state index in [1.165, 1.54) is 0 Å². The second-order valence-electron chi connectivity index (χ2n) is 5.33. The minimum Gasteiger partial charge on any atom is -0.395 e. The van der Waals surface area contributed by atoms with Crippen LogP contribution in [0, 0.1) is 0 Å².